The lowest BCUT2D eigenvalue weighted by molar-refractivity contribution is -0.384. The largest absolute Gasteiger partial charge is 0.279 e. The van der Waals surface area contributed by atoms with Crippen molar-refractivity contribution in [3.05, 3.63) is 92.7 Å². The first-order chi connectivity index (χ1) is 14.0. The van der Waals surface area contributed by atoms with Gasteiger partial charge in [0.25, 0.3) is 11.6 Å². The minimum absolute atomic E-state index is 0.0646. The van der Waals surface area contributed by atoms with E-state index >= 15 is 0 Å². The van der Waals surface area contributed by atoms with E-state index in [2.05, 4.69) is 25.9 Å². The molecule has 0 unspecified atom stereocenters. The molecule has 1 amide bonds. The lowest BCUT2D eigenvalue weighted by Gasteiger charge is -2.20. The van der Waals surface area contributed by atoms with Gasteiger partial charge in [-0.2, -0.15) is 0 Å². The van der Waals surface area contributed by atoms with Gasteiger partial charge in [0.15, 0.2) is 5.13 Å². The van der Waals surface area contributed by atoms with Crippen molar-refractivity contribution in [1.82, 2.24) is 9.97 Å². The topological polar surface area (TPSA) is 89.2 Å². The molecule has 144 valence electrons. The van der Waals surface area contributed by atoms with Crippen LogP contribution in [-0.2, 0) is 6.54 Å². The number of amides is 1. The van der Waals surface area contributed by atoms with Crippen molar-refractivity contribution in [1.29, 1.82) is 0 Å². The number of pyridine rings is 1. The zero-order valence-corrected chi connectivity index (χ0v) is 17.3. The molecular formula is C20H13BrN4O3S. The molecule has 0 spiro atoms. The molecule has 29 heavy (non-hydrogen) atoms. The van der Waals surface area contributed by atoms with Gasteiger partial charge in [-0.3, -0.25) is 24.8 Å². The van der Waals surface area contributed by atoms with Crippen LogP contribution in [0, 0.1) is 10.1 Å². The van der Waals surface area contributed by atoms with Crippen LogP contribution in [0.15, 0.2) is 71.5 Å². The van der Waals surface area contributed by atoms with E-state index < -0.39 is 4.92 Å². The lowest BCUT2D eigenvalue weighted by Crippen LogP contribution is -2.30. The van der Waals surface area contributed by atoms with E-state index in [1.54, 1.807) is 23.4 Å². The molecule has 0 bridgehead atoms. The minimum Gasteiger partial charge on any atom is -0.279 e. The molecule has 0 saturated heterocycles. The van der Waals surface area contributed by atoms with E-state index in [9.17, 15) is 14.9 Å². The molecule has 0 aliphatic heterocycles. The highest BCUT2D eigenvalue weighted by Crippen LogP contribution is 2.32. The fourth-order valence-electron chi connectivity index (χ4n) is 2.78. The van der Waals surface area contributed by atoms with Gasteiger partial charge in [-0.15, -0.1) is 0 Å². The number of hydrogen-bond acceptors (Lipinski definition) is 6. The third-order valence-electron chi connectivity index (χ3n) is 4.20. The summed E-state index contributed by atoms with van der Waals surface area (Å²) < 4.78 is 1.88. The SMILES string of the molecule is O=C(c1ccc([N+](=O)[O-])cc1)N(Cc1cccnc1)c1nc2ccc(Br)cc2s1. The molecule has 0 saturated carbocycles. The Morgan fingerprint density at radius 2 is 1.97 bits per heavy atom. The molecule has 4 aromatic rings. The van der Waals surface area contributed by atoms with E-state index in [0.717, 1.165) is 20.3 Å². The average molecular weight is 469 g/mol. The molecule has 0 fully saturated rings. The highest BCUT2D eigenvalue weighted by atomic mass is 79.9. The summed E-state index contributed by atoms with van der Waals surface area (Å²) in [6, 6.07) is 15.0. The van der Waals surface area contributed by atoms with Crippen LogP contribution in [0.25, 0.3) is 10.2 Å². The van der Waals surface area contributed by atoms with Crippen LogP contribution in [0.2, 0.25) is 0 Å². The first-order valence-corrected chi connectivity index (χ1v) is 10.1. The maximum absolute atomic E-state index is 13.3. The van der Waals surface area contributed by atoms with Gasteiger partial charge in [0.2, 0.25) is 0 Å². The van der Waals surface area contributed by atoms with Crippen molar-refractivity contribution in [3.63, 3.8) is 0 Å². The van der Waals surface area contributed by atoms with Gasteiger partial charge in [-0.25, -0.2) is 4.98 Å². The number of nitrogens with zero attached hydrogens (tertiary/aromatic N) is 4. The summed E-state index contributed by atoms with van der Waals surface area (Å²) in [5.41, 5.74) is 1.93. The standard InChI is InChI=1S/C20H13BrN4O3S/c21-15-5-8-17-18(10-15)29-20(23-17)24(12-13-2-1-9-22-11-13)19(26)14-3-6-16(7-4-14)25(27)28/h1-11H,12H2. The minimum atomic E-state index is -0.493. The summed E-state index contributed by atoms with van der Waals surface area (Å²) in [6.07, 6.45) is 3.36. The normalized spacial score (nSPS) is 10.8. The summed E-state index contributed by atoms with van der Waals surface area (Å²) in [4.78, 5) is 34.0. The van der Waals surface area contributed by atoms with Crippen LogP contribution in [0.1, 0.15) is 15.9 Å². The number of nitro groups is 1. The second-order valence-corrected chi connectivity index (χ2v) is 8.09. The molecule has 2 aromatic carbocycles. The third kappa shape index (κ3) is 4.15. The molecule has 2 aromatic heterocycles. The molecule has 4 rings (SSSR count). The molecule has 0 radical (unpaired) electrons. The Morgan fingerprint density at radius 3 is 2.66 bits per heavy atom. The first-order valence-electron chi connectivity index (χ1n) is 8.52. The number of anilines is 1. The third-order valence-corrected chi connectivity index (χ3v) is 5.74. The fourth-order valence-corrected chi connectivity index (χ4v) is 4.30. The maximum atomic E-state index is 13.3. The van der Waals surface area contributed by atoms with Gasteiger partial charge in [-0.05, 0) is 42.0 Å². The van der Waals surface area contributed by atoms with Crippen molar-refractivity contribution in [2.24, 2.45) is 0 Å². The molecule has 9 heteroatoms. The molecular weight excluding hydrogens is 456 g/mol. The predicted molar refractivity (Wildman–Crippen MR) is 115 cm³/mol. The molecule has 0 aliphatic rings. The van der Waals surface area contributed by atoms with Crippen LogP contribution in [0.5, 0.6) is 0 Å². The molecule has 0 atom stereocenters. The summed E-state index contributed by atoms with van der Waals surface area (Å²) in [6.45, 7) is 0.282. The van der Waals surface area contributed by atoms with E-state index in [1.165, 1.54) is 35.6 Å². The Bertz CT molecular complexity index is 1200. The zero-order valence-electron chi connectivity index (χ0n) is 14.9. The average Bonchev–Trinajstić information content (AvgIpc) is 3.15. The highest BCUT2D eigenvalue weighted by Gasteiger charge is 2.22. The number of carbonyl (C=O) groups excluding carboxylic acids is 1. The zero-order chi connectivity index (χ0) is 20.4. The number of thiazole rings is 1. The van der Waals surface area contributed by atoms with Crippen LogP contribution in [0.4, 0.5) is 10.8 Å². The predicted octanol–water partition coefficient (Wildman–Crippen LogP) is 5.21. The summed E-state index contributed by atoms with van der Waals surface area (Å²) in [7, 11) is 0. The summed E-state index contributed by atoms with van der Waals surface area (Å²) in [5.74, 6) is -0.290. The highest BCUT2D eigenvalue weighted by molar-refractivity contribution is 9.10. The van der Waals surface area contributed by atoms with Crippen molar-refractivity contribution < 1.29 is 9.72 Å². The van der Waals surface area contributed by atoms with Gasteiger partial charge >= 0.3 is 0 Å². The van der Waals surface area contributed by atoms with Gasteiger partial charge in [-0.1, -0.05) is 33.3 Å². The van der Waals surface area contributed by atoms with Crippen molar-refractivity contribution in [2.45, 2.75) is 6.54 Å². The van der Waals surface area contributed by atoms with Gasteiger partial charge < -0.3 is 0 Å². The number of benzene rings is 2. The Kier molecular flexibility index (Phi) is 5.32. The van der Waals surface area contributed by atoms with Crippen LogP contribution >= 0.6 is 27.3 Å². The first kappa shape index (κ1) is 19.2. The number of nitro benzene ring substituents is 1. The number of halogens is 1. The van der Waals surface area contributed by atoms with Crippen LogP contribution in [-0.4, -0.2) is 20.8 Å². The molecule has 7 nitrogen and oxygen atoms in total. The van der Waals surface area contributed by atoms with Gasteiger partial charge in [0.05, 0.1) is 21.7 Å². The Morgan fingerprint density at radius 1 is 1.17 bits per heavy atom. The number of rotatable bonds is 5. The molecule has 2 heterocycles. The number of fused-ring (bicyclic) bond motifs is 1. The maximum Gasteiger partial charge on any atom is 0.269 e. The van der Waals surface area contributed by atoms with E-state index in [-0.39, 0.29) is 18.1 Å². The Balaban J connectivity index is 1.74. The van der Waals surface area contributed by atoms with Crippen LogP contribution < -0.4 is 4.90 Å². The number of aromatic nitrogens is 2. The van der Waals surface area contributed by atoms with Crippen molar-refractivity contribution in [3.8, 4) is 0 Å². The van der Waals surface area contributed by atoms with Crippen molar-refractivity contribution >= 4 is 54.2 Å². The van der Waals surface area contributed by atoms with Crippen molar-refractivity contribution in [2.75, 3.05) is 4.90 Å². The van der Waals surface area contributed by atoms with Gasteiger partial charge in [0, 0.05) is 34.6 Å². The lowest BCUT2D eigenvalue weighted by atomic mass is 10.1. The monoisotopic (exact) mass is 468 g/mol. The second-order valence-electron chi connectivity index (χ2n) is 6.17. The second kappa shape index (κ2) is 8.06. The van der Waals surface area contributed by atoms with Crippen LogP contribution in [0.3, 0.4) is 0 Å². The Hall–Kier alpha value is -3.17. The fraction of sp³-hybridized carbons (Fsp3) is 0.0500. The smallest absolute Gasteiger partial charge is 0.269 e. The summed E-state index contributed by atoms with van der Waals surface area (Å²) >= 11 is 4.86. The number of carbonyl (C=O) groups is 1. The quantitative estimate of drug-likeness (QED) is 0.296. The van der Waals surface area contributed by atoms with E-state index in [4.69, 9.17) is 0 Å². The summed E-state index contributed by atoms with van der Waals surface area (Å²) in [5, 5.41) is 11.4. The number of non-ortho nitro benzene ring substituents is 1. The Labute approximate surface area is 177 Å². The van der Waals surface area contributed by atoms with Gasteiger partial charge in [0.1, 0.15) is 0 Å². The number of hydrogen-bond donors (Lipinski definition) is 0. The van der Waals surface area contributed by atoms with E-state index in [0.29, 0.717) is 10.7 Å². The van der Waals surface area contributed by atoms with E-state index in [1.807, 2.05) is 24.3 Å². The molecule has 0 N–H and O–H groups in total. The molecule has 0 aliphatic carbocycles.